The molecule has 0 aliphatic rings. The van der Waals surface area contributed by atoms with Crippen LogP contribution in [0.2, 0.25) is 0 Å². The number of hydrogen-bond donors (Lipinski definition) is 0. The van der Waals surface area contributed by atoms with Crippen molar-refractivity contribution in [2.75, 3.05) is 7.11 Å². The predicted octanol–water partition coefficient (Wildman–Crippen LogP) is 0.0916. The minimum Gasteiger partial charge on any atom is -0.469 e. The number of rotatable bonds is 2. The molecule has 0 amide bonds. The zero-order valence-corrected chi connectivity index (χ0v) is 7.31. The first-order chi connectivity index (χ1) is 5.66. The first kappa shape index (κ1) is 8.70. The minimum absolute atomic E-state index is 0.277. The number of esters is 1. The third-order valence-corrected chi connectivity index (χ3v) is 1.75. The molecule has 0 aliphatic heterocycles. The Morgan fingerprint density at radius 3 is 2.83 bits per heavy atom. The van der Waals surface area contributed by atoms with E-state index in [0.717, 1.165) is 5.69 Å². The second kappa shape index (κ2) is 3.34. The van der Waals surface area contributed by atoms with Gasteiger partial charge in [0.15, 0.2) is 0 Å². The molecular formula is C7H11N3O2. The van der Waals surface area contributed by atoms with Crippen molar-refractivity contribution in [3.05, 3.63) is 11.9 Å². The molecule has 1 aromatic heterocycles. The summed E-state index contributed by atoms with van der Waals surface area (Å²) in [6.45, 7) is 1.75. The van der Waals surface area contributed by atoms with Crippen LogP contribution in [0, 0.1) is 0 Å². The molecule has 0 N–H and O–H groups in total. The molecule has 1 heterocycles. The highest BCUT2D eigenvalue weighted by Gasteiger charge is 2.18. The van der Waals surface area contributed by atoms with E-state index in [-0.39, 0.29) is 11.9 Å². The van der Waals surface area contributed by atoms with Crippen molar-refractivity contribution in [2.45, 2.75) is 12.8 Å². The van der Waals surface area contributed by atoms with Crippen molar-refractivity contribution in [3.63, 3.8) is 0 Å². The summed E-state index contributed by atoms with van der Waals surface area (Å²) in [6, 6.07) is 0. The van der Waals surface area contributed by atoms with Crippen molar-refractivity contribution >= 4 is 5.97 Å². The first-order valence-electron chi connectivity index (χ1n) is 3.59. The van der Waals surface area contributed by atoms with E-state index in [2.05, 4.69) is 15.0 Å². The third kappa shape index (κ3) is 1.44. The van der Waals surface area contributed by atoms with Gasteiger partial charge in [-0.25, -0.2) is 0 Å². The van der Waals surface area contributed by atoms with Gasteiger partial charge >= 0.3 is 5.97 Å². The average Bonchev–Trinajstić information content (AvgIpc) is 2.48. The lowest BCUT2D eigenvalue weighted by Gasteiger charge is -2.07. The van der Waals surface area contributed by atoms with Crippen LogP contribution in [0.1, 0.15) is 18.5 Å². The van der Waals surface area contributed by atoms with Crippen LogP contribution in [0.25, 0.3) is 0 Å². The molecule has 0 bridgehead atoms. The molecule has 66 valence electrons. The minimum atomic E-state index is -0.310. The highest BCUT2D eigenvalue weighted by Crippen LogP contribution is 2.13. The maximum atomic E-state index is 11.1. The lowest BCUT2D eigenvalue weighted by Crippen LogP contribution is -2.14. The summed E-state index contributed by atoms with van der Waals surface area (Å²) in [5, 5.41) is 7.38. The van der Waals surface area contributed by atoms with Gasteiger partial charge in [-0.1, -0.05) is 5.21 Å². The molecule has 0 fully saturated rings. The largest absolute Gasteiger partial charge is 0.469 e. The fraction of sp³-hybridized carbons (Fsp3) is 0.571. The molecule has 0 radical (unpaired) electrons. The molecule has 1 unspecified atom stereocenters. The summed E-state index contributed by atoms with van der Waals surface area (Å²) in [5.74, 6) is -0.588. The number of nitrogens with zero attached hydrogens (tertiary/aromatic N) is 3. The lowest BCUT2D eigenvalue weighted by molar-refractivity contribution is -0.142. The van der Waals surface area contributed by atoms with Gasteiger partial charge in [0, 0.05) is 7.05 Å². The van der Waals surface area contributed by atoms with Crippen LogP contribution >= 0.6 is 0 Å². The molecule has 0 saturated heterocycles. The van der Waals surface area contributed by atoms with E-state index < -0.39 is 0 Å². The molecule has 0 aliphatic carbocycles. The summed E-state index contributed by atoms with van der Waals surface area (Å²) >= 11 is 0. The van der Waals surface area contributed by atoms with Gasteiger partial charge in [-0.2, -0.15) is 0 Å². The van der Waals surface area contributed by atoms with Crippen LogP contribution in [0.4, 0.5) is 0 Å². The Balaban J connectivity index is 2.84. The van der Waals surface area contributed by atoms with E-state index in [1.807, 2.05) is 0 Å². The fourth-order valence-electron chi connectivity index (χ4n) is 0.987. The smallest absolute Gasteiger partial charge is 0.314 e. The van der Waals surface area contributed by atoms with Crippen molar-refractivity contribution < 1.29 is 9.53 Å². The third-order valence-electron chi connectivity index (χ3n) is 1.75. The van der Waals surface area contributed by atoms with E-state index in [9.17, 15) is 4.79 Å². The number of aromatic nitrogens is 3. The highest BCUT2D eigenvalue weighted by atomic mass is 16.5. The topological polar surface area (TPSA) is 57.0 Å². The Labute approximate surface area is 70.3 Å². The number of carbonyl (C=O) groups excluding carboxylic acids is 1. The quantitative estimate of drug-likeness (QED) is 0.589. The van der Waals surface area contributed by atoms with Crippen molar-refractivity contribution in [1.29, 1.82) is 0 Å². The zero-order valence-electron chi connectivity index (χ0n) is 7.31. The van der Waals surface area contributed by atoms with Crippen LogP contribution in [-0.4, -0.2) is 28.1 Å². The van der Waals surface area contributed by atoms with Crippen LogP contribution in [-0.2, 0) is 16.6 Å². The molecule has 1 atom stereocenters. The second-order valence-corrected chi connectivity index (χ2v) is 2.53. The molecule has 5 nitrogen and oxygen atoms in total. The Hall–Kier alpha value is -1.39. The standard InChI is InChI=1S/C7H11N3O2/c1-5(7(11)12-3)6-4-8-9-10(6)2/h4-5H,1-3H3. The van der Waals surface area contributed by atoms with Crippen LogP contribution in [0.3, 0.4) is 0 Å². The monoisotopic (exact) mass is 169 g/mol. The summed E-state index contributed by atoms with van der Waals surface area (Å²) < 4.78 is 6.14. The van der Waals surface area contributed by atoms with Crippen molar-refractivity contribution in [3.8, 4) is 0 Å². The van der Waals surface area contributed by atoms with Gasteiger partial charge in [0.05, 0.1) is 24.9 Å². The zero-order chi connectivity index (χ0) is 9.14. The molecule has 12 heavy (non-hydrogen) atoms. The van der Waals surface area contributed by atoms with E-state index in [0.29, 0.717) is 0 Å². The summed E-state index contributed by atoms with van der Waals surface area (Å²) in [6.07, 6.45) is 1.56. The van der Waals surface area contributed by atoms with E-state index in [4.69, 9.17) is 0 Å². The fourth-order valence-corrected chi connectivity index (χ4v) is 0.987. The average molecular weight is 169 g/mol. The Morgan fingerprint density at radius 1 is 1.75 bits per heavy atom. The molecule has 0 saturated carbocycles. The summed E-state index contributed by atoms with van der Waals surface area (Å²) in [7, 11) is 3.10. The Kier molecular flexibility index (Phi) is 2.42. The van der Waals surface area contributed by atoms with Crippen LogP contribution in [0.5, 0.6) is 0 Å². The van der Waals surface area contributed by atoms with E-state index in [1.54, 1.807) is 24.9 Å². The summed E-state index contributed by atoms with van der Waals surface area (Å²) in [5.41, 5.74) is 0.752. The van der Waals surface area contributed by atoms with Gasteiger partial charge < -0.3 is 4.74 Å². The Bertz CT molecular complexity index is 282. The predicted molar refractivity (Wildman–Crippen MR) is 41.4 cm³/mol. The summed E-state index contributed by atoms with van der Waals surface area (Å²) in [4.78, 5) is 11.1. The van der Waals surface area contributed by atoms with Gasteiger partial charge in [-0.15, -0.1) is 5.10 Å². The molecular weight excluding hydrogens is 158 g/mol. The van der Waals surface area contributed by atoms with Crippen LogP contribution in [0.15, 0.2) is 6.20 Å². The SMILES string of the molecule is COC(=O)C(C)c1cnnn1C. The van der Waals surface area contributed by atoms with E-state index in [1.165, 1.54) is 7.11 Å². The molecule has 0 aromatic carbocycles. The van der Waals surface area contributed by atoms with E-state index >= 15 is 0 Å². The number of methoxy groups -OCH3 is 1. The second-order valence-electron chi connectivity index (χ2n) is 2.53. The Morgan fingerprint density at radius 2 is 2.42 bits per heavy atom. The first-order valence-corrected chi connectivity index (χ1v) is 3.59. The van der Waals surface area contributed by atoms with Crippen molar-refractivity contribution in [1.82, 2.24) is 15.0 Å². The molecule has 5 heteroatoms. The lowest BCUT2D eigenvalue weighted by atomic mass is 10.1. The maximum absolute atomic E-state index is 11.1. The van der Waals surface area contributed by atoms with Gasteiger partial charge in [-0.05, 0) is 6.92 Å². The molecule has 1 rings (SSSR count). The van der Waals surface area contributed by atoms with Gasteiger partial charge in [-0.3, -0.25) is 9.48 Å². The van der Waals surface area contributed by atoms with Gasteiger partial charge in [0.2, 0.25) is 0 Å². The number of hydrogen-bond acceptors (Lipinski definition) is 4. The number of aryl methyl sites for hydroxylation is 1. The highest BCUT2D eigenvalue weighted by molar-refractivity contribution is 5.76. The number of carbonyl (C=O) groups is 1. The normalized spacial score (nSPS) is 12.6. The van der Waals surface area contributed by atoms with Crippen molar-refractivity contribution in [2.24, 2.45) is 7.05 Å². The van der Waals surface area contributed by atoms with Gasteiger partial charge in [0.1, 0.15) is 0 Å². The maximum Gasteiger partial charge on any atom is 0.314 e. The molecule has 1 aromatic rings. The molecule has 0 spiro atoms. The van der Waals surface area contributed by atoms with Crippen LogP contribution < -0.4 is 0 Å². The van der Waals surface area contributed by atoms with Gasteiger partial charge in [0.25, 0.3) is 0 Å². The number of ether oxygens (including phenoxy) is 1.